The Labute approximate surface area is 253 Å². The van der Waals surface area contributed by atoms with Crippen molar-refractivity contribution in [1.82, 2.24) is 14.9 Å². The molecule has 0 saturated carbocycles. The van der Waals surface area contributed by atoms with Crippen LogP contribution in [0.5, 0.6) is 0 Å². The first-order valence-electron chi connectivity index (χ1n) is 14.4. The number of halogens is 1. The predicted octanol–water partition coefficient (Wildman–Crippen LogP) is 6.17. The number of rotatable bonds is 10. The topological polar surface area (TPSA) is 94.8 Å². The lowest BCUT2D eigenvalue weighted by Crippen LogP contribution is -2.48. The van der Waals surface area contributed by atoms with Gasteiger partial charge in [0.05, 0.1) is 40.9 Å². The van der Waals surface area contributed by atoms with E-state index in [1.807, 2.05) is 71.1 Å². The van der Waals surface area contributed by atoms with Crippen molar-refractivity contribution in [2.45, 2.75) is 71.9 Å². The summed E-state index contributed by atoms with van der Waals surface area (Å²) in [6.07, 6.45) is 1.12. The molecule has 1 N–H and O–H groups in total. The van der Waals surface area contributed by atoms with Crippen molar-refractivity contribution in [3.05, 3.63) is 76.2 Å². The Morgan fingerprint density at radius 2 is 1.79 bits per heavy atom. The summed E-state index contributed by atoms with van der Waals surface area (Å²) in [5, 5.41) is 3.53. The number of hydrogen-bond donors (Lipinski definition) is 1. The Kier molecular flexibility index (Phi) is 9.89. The van der Waals surface area contributed by atoms with Gasteiger partial charge < -0.3 is 19.4 Å². The van der Waals surface area contributed by atoms with Gasteiger partial charge in [-0.1, -0.05) is 41.9 Å². The second-order valence-electron chi connectivity index (χ2n) is 12.0. The van der Waals surface area contributed by atoms with Gasteiger partial charge in [0.25, 0.3) is 0 Å². The SMILES string of the molecule is CC1=NC(COCCCc2nc3ccccc3n2C)=C(C(=O)OC(C)C)C(c2ccccc2Cl)C1C(=O)NC(C)(C)C. The minimum Gasteiger partial charge on any atom is -0.460 e. The summed E-state index contributed by atoms with van der Waals surface area (Å²) in [7, 11) is 2.02. The van der Waals surface area contributed by atoms with Crippen LogP contribution in [0.4, 0.5) is 0 Å². The summed E-state index contributed by atoms with van der Waals surface area (Å²) in [6, 6.07) is 15.3. The lowest BCUT2D eigenvalue weighted by Gasteiger charge is -2.35. The number of imidazole rings is 1. The molecule has 1 amide bonds. The van der Waals surface area contributed by atoms with Crippen LogP contribution in [0, 0.1) is 5.92 Å². The molecule has 0 spiro atoms. The molecule has 8 nitrogen and oxygen atoms in total. The lowest BCUT2D eigenvalue weighted by molar-refractivity contribution is -0.143. The molecule has 42 heavy (non-hydrogen) atoms. The standard InChI is InChI=1S/C33H41ClN4O4/c1-20(2)42-32(40)30-25(19-41-18-12-17-27-36-24-15-10-11-16-26(24)38(27)7)35-21(3)28(31(39)37-33(4,5)6)29(30)22-13-8-9-14-23(22)34/h8-11,13-16,20,28-29H,12,17-19H2,1-7H3,(H,37,39). The van der Waals surface area contributed by atoms with E-state index < -0.39 is 23.3 Å². The predicted molar refractivity (Wildman–Crippen MR) is 167 cm³/mol. The van der Waals surface area contributed by atoms with Crippen molar-refractivity contribution >= 4 is 40.2 Å². The van der Waals surface area contributed by atoms with Crippen molar-refractivity contribution in [2.24, 2.45) is 18.0 Å². The average Bonchev–Trinajstić information content (AvgIpc) is 3.22. The number of aliphatic imine (C=N–C) groups is 1. The highest BCUT2D eigenvalue weighted by molar-refractivity contribution is 6.31. The Morgan fingerprint density at radius 1 is 1.10 bits per heavy atom. The third-order valence-electron chi connectivity index (χ3n) is 7.11. The molecular weight excluding hydrogens is 552 g/mol. The number of carbonyl (C=O) groups is 2. The van der Waals surface area contributed by atoms with Crippen molar-refractivity contribution in [1.29, 1.82) is 0 Å². The fraction of sp³-hybridized carbons (Fsp3) is 0.455. The Hall–Kier alpha value is -3.49. The van der Waals surface area contributed by atoms with Gasteiger partial charge in [0, 0.05) is 42.3 Å². The molecule has 1 aromatic heterocycles. The fourth-order valence-electron chi connectivity index (χ4n) is 5.33. The number of amides is 1. The maximum absolute atomic E-state index is 13.7. The van der Waals surface area contributed by atoms with Gasteiger partial charge in [-0.25, -0.2) is 9.78 Å². The van der Waals surface area contributed by atoms with Crippen LogP contribution >= 0.6 is 11.6 Å². The van der Waals surface area contributed by atoms with Crippen LogP contribution in [-0.2, 0) is 32.5 Å². The molecule has 2 unspecified atom stereocenters. The zero-order valence-corrected chi connectivity index (χ0v) is 26.3. The van der Waals surface area contributed by atoms with Crippen molar-refractivity contribution in [2.75, 3.05) is 13.2 Å². The Balaban J connectivity index is 1.62. The van der Waals surface area contributed by atoms with E-state index in [1.165, 1.54) is 0 Å². The van der Waals surface area contributed by atoms with E-state index in [9.17, 15) is 9.59 Å². The Morgan fingerprint density at radius 3 is 2.45 bits per heavy atom. The molecule has 1 aliphatic heterocycles. The molecule has 0 radical (unpaired) electrons. The van der Waals surface area contributed by atoms with Crippen LogP contribution in [0.2, 0.25) is 5.02 Å². The summed E-state index contributed by atoms with van der Waals surface area (Å²) in [4.78, 5) is 36.9. The van der Waals surface area contributed by atoms with Crippen LogP contribution < -0.4 is 5.32 Å². The molecule has 2 atom stereocenters. The van der Waals surface area contributed by atoms with Gasteiger partial charge in [-0.3, -0.25) is 9.79 Å². The monoisotopic (exact) mass is 592 g/mol. The minimum atomic E-state index is -0.750. The first-order valence-corrected chi connectivity index (χ1v) is 14.8. The Bertz CT molecular complexity index is 1520. The molecule has 9 heteroatoms. The van der Waals surface area contributed by atoms with Gasteiger partial charge >= 0.3 is 5.97 Å². The number of aromatic nitrogens is 2. The largest absolute Gasteiger partial charge is 0.460 e. The average molecular weight is 593 g/mol. The maximum atomic E-state index is 13.7. The summed E-state index contributed by atoms with van der Waals surface area (Å²) in [5.74, 6) is -1.22. The van der Waals surface area contributed by atoms with Gasteiger partial charge in [0.2, 0.25) is 5.91 Å². The van der Waals surface area contributed by atoms with Gasteiger partial charge in [0.15, 0.2) is 0 Å². The quantitative estimate of drug-likeness (QED) is 0.224. The number of hydrogen-bond acceptors (Lipinski definition) is 6. The van der Waals surface area contributed by atoms with Crippen LogP contribution in [0.1, 0.15) is 65.3 Å². The molecule has 0 fully saturated rings. The van der Waals surface area contributed by atoms with E-state index in [4.69, 9.17) is 31.1 Å². The van der Waals surface area contributed by atoms with Crippen LogP contribution in [0.25, 0.3) is 11.0 Å². The fourth-order valence-corrected chi connectivity index (χ4v) is 5.59. The van der Waals surface area contributed by atoms with Crippen LogP contribution in [0.3, 0.4) is 0 Å². The maximum Gasteiger partial charge on any atom is 0.336 e. The smallest absolute Gasteiger partial charge is 0.336 e. The number of ether oxygens (including phenoxy) is 2. The number of fused-ring (bicyclic) bond motifs is 1. The minimum absolute atomic E-state index is 0.0942. The van der Waals surface area contributed by atoms with Gasteiger partial charge in [-0.15, -0.1) is 0 Å². The second kappa shape index (κ2) is 13.2. The molecule has 4 rings (SSSR count). The van der Waals surface area contributed by atoms with E-state index in [0.717, 1.165) is 29.7 Å². The number of para-hydroxylation sites is 2. The first-order chi connectivity index (χ1) is 19.9. The number of esters is 1. The third kappa shape index (κ3) is 7.28. The molecule has 0 saturated heterocycles. The number of benzene rings is 2. The molecule has 2 heterocycles. The normalized spacial score (nSPS) is 17.5. The summed E-state index contributed by atoms with van der Waals surface area (Å²) >= 11 is 6.69. The summed E-state index contributed by atoms with van der Waals surface area (Å²) in [6.45, 7) is 11.7. The van der Waals surface area contributed by atoms with Crippen molar-refractivity contribution in [3.8, 4) is 0 Å². The summed E-state index contributed by atoms with van der Waals surface area (Å²) in [5.41, 5.74) is 3.58. The molecular formula is C33H41ClN4O4. The van der Waals surface area contributed by atoms with E-state index >= 15 is 0 Å². The van der Waals surface area contributed by atoms with Crippen LogP contribution in [-0.4, -0.2) is 52.0 Å². The van der Waals surface area contributed by atoms with Crippen molar-refractivity contribution < 1.29 is 19.1 Å². The summed E-state index contributed by atoms with van der Waals surface area (Å²) < 4.78 is 13.9. The second-order valence-corrected chi connectivity index (χ2v) is 12.4. The highest BCUT2D eigenvalue weighted by Crippen LogP contribution is 2.42. The van der Waals surface area contributed by atoms with E-state index in [1.54, 1.807) is 19.9 Å². The first kappa shape index (κ1) is 31.4. The molecule has 3 aromatic rings. The third-order valence-corrected chi connectivity index (χ3v) is 7.45. The number of carbonyl (C=O) groups excluding carboxylic acids is 2. The molecule has 0 aliphatic carbocycles. The van der Waals surface area contributed by atoms with Crippen LogP contribution in [0.15, 0.2) is 64.8 Å². The van der Waals surface area contributed by atoms with E-state index in [2.05, 4.69) is 16.0 Å². The van der Waals surface area contributed by atoms with E-state index in [0.29, 0.717) is 34.2 Å². The number of nitrogens with one attached hydrogen (secondary N) is 1. The lowest BCUT2D eigenvalue weighted by atomic mass is 9.74. The van der Waals surface area contributed by atoms with Gasteiger partial charge in [-0.2, -0.15) is 0 Å². The van der Waals surface area contributed by atoms with Gasteiger partial charge in [0.1, 0.15) is 5.82 Å². The molecule has 0 bridgehead atoms. The van der Waals surface area contributed by atoms with Crippen molar-refractivity contribution in [3.63, 3.8) is 0 Å². The highest BCUT2D eigenvalue weighted by atomic mass is 35.5. The zero-order chi connectivity index (χ0) is 30.6. The molecule has 224 valence electrons. The van der Waals surface area contributed by atoms with Gasteiger partial charge in [-0.05, 0) is 71.7 Å². The zero-order valence-electron chi connectivity index (χ0n) is 25.5. The molecule has 1 aliphatic rings. The number of nitrogens with zero attached hydrogens (tertiary/aromatic N) is 3. The number of aryl methyl sites for hydroxylation is 2. The van der Waals surface area contributed by atoms with E-state index in [-0.39, 0.29) is 18.6 Å². The highest BCUT2D eigenvalue weighted by Gasteiger charge is 2.44. The molecule has 2 aromatic carbocycles.